The van der Waals surface area contributed by atoms with Crippen LogP contribution in [0, 0.1) is 11.6 Å². The molecule has 0 bridgehead atoms. The van der Waals surface area contributed by atoms with Crippen LogP contribution in [0.3, 0.4) is 0 Å². The van der Waals surface area contributed by atoms with E-state index in [-0.39, 0.29) is 17.6 Å². The van der Waals surface area contributed by atoms with Crippen molar-refractivity contribution in [2.24, 2.45) is 0 Å². The van der Waals surface area contributed by atoms with Gasteiger partial charge in [-0.05, 0) is 61.9 Å². The van der Waals surface area contributed by atoms with E-state index in [9.17, 15) is 22.0 Å². The summed E-state index contributed by atoms with van der Waals surface area (Å²) in [6.07, 6.45) is 2.11. The van der Waals surface area contributed by atoms with Gasteiger partial charge in [-0.1, -0.05) is 0 Å². The molecule has 1 saturated heterocycles. The summed E-state index contributed by atoms with van der Waals surface area (Å²) in [5, 5.41) is 6.11. The predicted molar refractivity (Wildman–Crippen MR) is 97.0 cm³/mol. The van der Waals surface area contributed by atoms with Gasteiger partial charge in [0.1, 0.15) is 0 Å². The van der Waals surface area contributed by atoms with E-state index in [2.05, 4.69) is 15.4 Å². The molecule has 1 amide bonds. The Morgan fingerprint density at radius 3 is 2.48 bits per heavy atom. The highest BCUT2D eigenvalue weighted by molar-refractivity contribution is 7.92. The molecule has 1 aliphatic rings. The molecule has 0 aromatic heterocycles. The molecule has 2 aromatic rings. The van der Waals surface area contributed by atoms with Gasteiger partial charge in [-0.3, -0.25) is 9.52 Å². The molecule has 3 rings (SSSR count). The average Bonchev–Trinajstić information content (AvgIpc) is 3.16. The fraction of sp³-hybridized carbons (Fsp3) is 0.278. The van der Waals surface area contributed by atoms with Crippen molar-refractivity contribution in [3.63, 3.8) is 0 Å². The minimum absolute atomic E-state index is 0.203. The zero-order valence-electron chi connectivity index (χ0n) is 14.3. The van der Waals surface area contributed by atoms with Gasteiger partial charge in [0, 0.05) is 23.8 Å². The van der Waals surface area contributed by atoms with E-state index in [4.69, 9.17) is 0 Å². The van der Waals surface area contributed by atoms with E-state index >= 15 is 0 Å². The molecule has 1 atom stereocenters. The molecule has 9 heteroatoms. The number of hydrogen-bond donors (Lipinski definition) is 3. The Hall–Kier alpha value is -2.52. The maximum absolute atomic E-state index is 13.3. The summed E-state index contributed by atoms with van der Waals surface area (Å²) in [6.45, 7) is 1.48. The van der Waals surface area contributed by atoms with Gasteiger partial charge in [0.15, 0.2) is 11.6 Å². The van der Waals surface area contributed by atoms with Crippen LogP contribution in [0.15, 0.2) is 47.4 Å². The topological polar surface area (TPSA) is 87.3 Å². The second kappa shape index (κ2) is 8.01. The molecule has 3 N–H and O–H groups in total. The van der Waals surface area contributed by atoms with Gasteiger partial charge in [-0.2, -0.15) is 0 Å². The van der Waals surface area contributed by atoms with Crippen LogP contribution in [0.5, 0.6) is 0 Å². The molecule has 1 unspecified atom stereocenters. The maximum Gasteiger partial charge on any atom is 0.261 e. The Bertz CT molecular complexity index is 927. The lowest BCUT2D eigenvalue weighted by atomic mass is 10.2. The molecule has 27 heavy (non-hydrogen) atoms. The number of anilines is 1. The maximum atomic E-state index is 13.3. The summed E-state index contributed by atoms with van der Waals surface area (Å²) in [7, 11) is -4.07. The molecule has 2 aromatic carbocycles. The molecule has 1 heterocycles. The number of sulfonamides is 1. The van der Waals surface area contributed by atoms with E-state index in [0.29, 0.717) is 18.2 Å². The number of carbonyl (C=O) groups is 1. The average molecular weight is 395 g/mol. The molecule has 1 aliphatic heterocycles. The molecular weight excluding hydrogens is 376 g/mol. The Kier molecular flexibility index (Phi) is 5.71. The smallest absolute Gasteiger partial charge is 0.261 e. The fourth-order valence-electron chi connectivity index (χ4n) is 2.80. The van der Waals surface area contributed by atoms with E-state index in [1.54, 1.807) is 0 Å². The second-order valence-corrected chi connectivity index (χ2v) is 7.94. The lowest BCUT2D eigenvalue weighted by molar-refractivity contribution is 0.0950. The standard InChI is InChI=1S/C18H19F2N3O3S/c19-16-8-7-15(10-17(16)20)27(25,26)23-13-5-3-12(4-6-13)18(24)22-11-14-2-1-9-21-14/h3-8,10,14,21,23H,1-2,9,11H2,(H,22,24). The Morgan fingerprint density at radius 2 is 1.85 bits per heavy atom. The highest BCUT2D eigenvalue weighted by Crippen LogP contribution is 2.19. The lowest BCUT2D eigenvalue weighted by Crippen LogP contribution is -2.37. The summed E-state index contributed by atoms with van der Waals surface area (Å²) < 4.78 is 53.0. The highest BCUT2D eigenvalue weighted by atomic mass is 32.2. The van der Waals surface area contributed by atoms with Crippen LogP contribution >= 0.6 is 0 Å². The van der Waals surface area contributed by atoms with Crippen molar-refractivity contribution in [3.8, 4) is 0 Å². The Morgan fingerprint density at radius 1 is 1.11 bits per heavy atom. The van der Waals surface area contributed by atoms with Gasteiger partial charge >= 0.3 is 0 Å². The summed E-state index contributed by atoms with van der Waals surface area (Å²) in [5.41, 5.74) is 0.595. The van der Waals surface area contributed by atoms with Crippen molar-refractivity contribution in [1.82, 2.24) is 10.6 Å². The van der Waals surface area contributed by atoms with Crippen LogP contribution in [-0.2, 0) is 10.0 Å². The van der Waals surface area contributed by atoms with Crippen molar-refractivity contribution < 1.29 is 22.0 Å². The second-order valence-electron chi connectivity index (χ2n) is 6.26. The number of halogens is 2. The number of rotatable bonds is 6. The van der Waals surface area contributed by atoms with Gasteiger partial charge in [-0.15, -0.1) is 0 Å². The summed E-state index contributed by atoms with van der Waals surface area (Å²) in [6, 6.07) is 8.43. The van der Waals surface area contributed by atoms with Crippen LogP contribution in [-0.4, -0.2) is 33.5 Å². The summed E-state index contributed by atoms with van der Waals surface area (Å²) in [4.78, 5) is 11.7. The molecule has 0 saturated carbocycles. The van der Waals surface area contributed by atoms with Gasteiger partial charge in [0.25, 0.3) is 15.9 Å². The third-order valence-corrected chi connectivity index (χ3v) is 5.65. The predicted octanol–water partition coefficient (Wildman–Crippen LogP) is 2.25. The van der Waals surface area contributed by atoms with Crippen LogP contribution < -0.4 is 15.4 Å². The van der Waals surface area contributed by atoms with Gasteiger partial charge < -0.3 is 10.6 Å². The first-order chi connectivity index (χ1) is 12.8. The Labute approximate surface area is 156 Å². The summed E-state index contributed by atoms with van der Waals surface area (Å²) in [5.74, 6) is -2.63. The summed E-state index contributed by atoms with van der Waals surface area (Å²) >= 11 is 0. The minimum atomic E-state index is -4.07. The lowest BCUT2D eigenvalue weighted by Gasteiger charge is -2.12. The third kappa shape index (κ3) is 4.81. The SMILES string of the molecule is O=C(NCC1CCCN1)c1ccc(NS(=O)(=O)c2ccc(F)c(F)c2)cc1. The third-order valence-electron chi connectivity index (χ3n) is 4.27. The highest BCUT2D eigenvalue weighted by Gasteiger charge is 2.18. The van der Waals surface area contributed by atoms with E-state index in [1.165, 1.54) is 24.3 Å². The molecule has 1 fully saturated rings. The zero-order valence-corrected chi connectivity index (χ0v) is 15.2. The van der Waals surface area contributed by atoms with Crippen LogP contribution in [0.25, 0.3) is 0 Å². The minimum Gasteiger partial charge on any atom is -0.350 e. The van der Waals surface area contributed by atoms with Crippen molar-refractivity contribution in [3.05, 3.63) is 59.7 Å². The van der Waals surface area contributed by atoms with E-state index < -0.39 is 26.6 Å². The van der Waals surface area contributed by atoms with Gasteiger partial charge in [-0.25, -0.2) is 17.2 Å². The monoisotopic (exact) mass is 395 g/mol. The number of amides is 1. The van der Waals surface area contributed by atoms with Crippen molar-refractivity contribution in [1.29, 1.82) is 0 Å². The van der Waals surface area contributed by atoms with Crippen molar-refractivity contribution in [2.75, 3.05) is 17.8 Å². The van der Waals surface area contributed by atoms with Gasteiger partial charge in [0.2, 0.25) is 0 Å². The molecule has 6 nitrogen and oxygen atoms in total. The molecular formula is C18H19F2N3O3S. The first-order valence-electron chi connectivity index (χ1n) is 8.45. The first kappa shape index (κ1) is 19.2. The normalized spacial score (nSPS) is 16.9. The molecule has 0 radical (unpaired) electrons. The first-order valence-corrected chi connectivity index (χ1v) is 9.93. The zero-order chi connectivity index (χ0) is 19.4. The van der Waals surface area contributed by atoms with Crippen LogP contribution in [0.2, 0.25) is 0 Å². The van der Waals surface area contributed by atoms with E-state index in [0.717, 1.165) is 31.5 Å². The largest absolute Gasteiger partial charge is 0.350 e. The molecule has 0 spiro atoms. The molecule has 144 valence electrons. The van der Waals surface area contributed by atoms with Crippen molar-refractivity contribution in [2.45, 2.75) is 23.8 Å². The van der Waals surface area contributed by atoms with Crippen molar-refractivity contribution >= 4 is 21.6 Å². The van der Waals surface area contributed by atoms with Gasteiger partial charge in [0.05, 0.1) is 4.90 Å². The van der Waals surface area contributed by atoms with Crippen LogP contribution in [0.1, 0.15) is 23.2 Å². The number of nitrogens with one attached hydrogen (secondary N) is 3. The molecule has 0 aliphatic carbocycles. The quantitative estimate of drug-likeness (QED) is 0.700. The van der Waals surface area contributed by atoms with Crippen LogP contribution in [0.4, 0.5) is 14.5 Å². The van der Waals surface area contributed by atoms with E-state index in [1.807, 2.05) is 0 Å². The fourth-order valence-corrected chi connectivity index (χ4v) is 3.87. The number of hydrogen-bond acceptors (Lipinski definition) is 4. The number of benzene rings is 2. The Balaban J connectivity index is 1.64. The number of carbonyl (C=O) groups excluding carboxylic acids is 1.